The molecule has 6 nitrogen and oxygen atoms in total. The highest BCUT2D eigenvalue weighted by molar-refractivity contribution is 6.02. The second kappa shape index (κ2) is 7.53. The highest BCUT2D eigenvalue weighted by atomic mass is 15.6. The number of pyridine rings is 1. The first-order chi connectivity index (χ1) is 16.7. The number of quaternary nitrogens is 1. The minimum absolute atomic E-state index is 0.0694. The van der Waals surface area contributed by atoms with Crippen molar-refractivity contribution in [2.75, 3.05) is 0 Å². The molecule has 3 aromatic rings. The van der Waals surface area contributed by atoms with Crippen LogP contribution in [-0.4, -0.2) is 33.7 Å². The second-order valence-corrected chi connectivity index (χ2v) is 9.84. The predicted molar refractivity (Wildman–Crippen MR) is 135 cm³/mol. The number of rotatable bonds is 5. The van der Waals surface area contributed by atoms with E-state index in [0.29, 0.717) is 12.0 Å². The molecule has 0 radical (unpaired) electrons. The first kappa shape index (κ1) is 20.0. The number of nitrogens with zero attached hydrogens (tertiary/aromatic N) is 4. The molecule has 1 unspecified atom stereocenters. The van der Waals surface area contributed by atoms with Crippen LogP contribution in [-0.2, 0) is 0 Å². The van der Waals surface area contributed by atoms with Gasteiger partial charge in [-0.25, -0.2) is 4.98 Å². The summed E-state index contributed by atoms with van der Waals surface area (Å²) in [4.78, 5) is 14.5. The Hall–Kier alpha value is -3.45. The summed E-state index contributed by atoms with van der Waals surface area (Å²) in [5, 5.41) is 4.84. The Balaban J connectivity index is 1.25. The van der Waals surface area contributed by atoms with Crippen LogP contribution in [0, 0.1) is 5.92 Å². The van der Waals surface area contributed by atoms with Gasteiger partial charge in [0.25, 0.3) is 5.84 Å². The first-order valence-corrected chi connectivity index (χ1v) is 12.1. The lowest BCUT2D eigenvalue weighted by Gasteiger charge is -2.36. The summed E-state index contributed by atoms with van der Waals surface area (Å²) < 4.78 is 0.0694. The number of amidine groups is 1. The van der Waals surface area contributed by atoms with Crippen LogP contribution >= 0.6 is 0 Å². The average Bonchev–Trinajstić information content (AvgIpc) is 3.62. The van der Waals surface area contributed by atoms with Gasteiger partial charge in [0.15, 0.2) is 0 Å². The van der Waals surface area contributed by atoms with Gasteiger partial charge in [-0.05, 0) is 43.9 Å². The van der Waals surface area contributed by atoms with Crippen LogP contribution in [0.1, 0.15) is 31.2 Å². The SMILES string of the molecule is N[N+]12C=CN=CC1=C(C1CC(NC3CC3)C1)N=C2c1ccc2ccc(-c3ccccc3)nc2c1. The lowest BCUT2D eigenvalue weighted by molar-refractivity contribution is -0.750. The summed E-state index contributed by atoms with van der Waals surface area (Å²) in [5.74, 6) is 8.23. The van der Waals surface area contributed by atoms with Crippen molar-refractivity contribution in [3.8, 4) is 11.3 Å². The van der Waals surface area contributed by atoms with E-state index in [2.05, 4.69) is 52.8 Å². The van der Waals surface area contributed by atoms with E-state index in [-0.39, 0.29) is 4.59 Å². The molecular weight excluding hydrogens is 420 g/mol. The molecule has 2 saturated carbocycles. The number of nitrogens with one attached hydrogen (secondary N) is 1. The highest BCUT2D eigenvalue weighted by Gasteiger charge is 2.48. The van der Waals surface area contributed by atoms with Crippen LogP contribution < -0.4 is 11.2 Å². The molecule has 34 heavy (non-hydrogen) atoms. The molecule has 0 amide bonds. The Morgan fingerprint density at radius 2 is 1.74 bits per heavy atom. The molecule has 2 aliphatic carbocycles. The minimum Gasteiger partial charge on any atom is -0.311 e. The fourth-order valence-electron chi connectivity index (χ4n) is 5.29. The molecular formula is C28H27N6+. The monoisotopic (exact) mass is 447 g/mol. The predicted octanol–water partition coefficient (Wildman–Crippen LogP) is 4.65. The Morgan fingerprint density at radius 3 is 2.56 bits per heavy atom. The van der Waals surface area contributed by atoms with Crippen molar-refractivity contribution in [3.63, 3.8) is 0 Å². The molecule has 4 aliphatic rings. The smallest absolute Gasteiger partial charge is 0.264 e. The van der Waals surface area contributed by atoms with Gasteiger partial charge in [-0.3, -0.25) is 4.99 Å². The quantitative estimate of drug-likeness (QED) is 0.442. The summed E-state index contributed by atoms with van der Waals surface area (Å²) in [7, 11) is 0. The van der Waals surface area contributed by atoms with Crippen molar-refractivity contribution in [1.29, 1.82) is 0 Å². The Kier molecular flexibility index (Phi) is 4.42. The number of benzene rings is 2. The third-order valence-electron chi connectivity index (χ3n) is 7.42. The Bertz CT molecular complexity index is 1410. The van der Waals surface area contributed by atoms with Crippen molar-refractivity contribution >= 4 is 23.0 Å². The summed E-state index contributed by atoms with van der Waals surface area (Å²) >= 11 is 0. The molecule has 0 bridgehead atoms. The molecule has 0 saturated heterocycles. The van der Waals surface area contributed by atoms with Gasteiger partial charge >= 0.3 is 0 Å². The van der Waals surface area contributed by atoms with Gasteiger partial charge in [0.05, 0.1) is 29.2 Å². The molecule has 3 heterocycles. The van der Waals surface area contributed by atoms with E-state index in [0.717, 1.165) is 63.8 Å². The van der Waals surface area contributed by atoms with Crippen molar-refractivity contribution in [2.45, 2.75) is 37.8 Å². The van der Waals surface area contributed by atoms with Crippen molar-refractivity contribution in [1.82, 2.24) is 10.3 Å². The average molecular weight is 448 g/mol. The van der Waals surface area contributed by atoms with Crippen LogP contribution in [0.3, 0.4) is 0 Å². The molecule has 2 aromatic carbocycles. The third-order valence-corrected chi connectivity index (χ3v) is 7.42. The van der Waals surface area contributed by atoms with Gasteiger partial charge < -0.3 is 5.32 Å². The first-order valence-electron chi connectivity index (χ1n) is 12.1. The van der Waals surface area contributed by atoms with Crippen molar-refractivity contribution in [2.24, 2.45) is 21.7 Å². The second-order valence-electron chi connectivity index (χ2n) is 9.84. The van der Waals surface area contributed by atoms with Crippen molar-refractivity contribution < 1.29 is 4.59 Å². The Labute approximate surface area is 198 Å². The zero-order valence-electron chi connectivity index (χ0n) is 18.9. The topological polar surface area (TPSA) is 75.7 Å². The molecule has 0 spiro atoms. The van der Waals surface area contributed by atoms with E-state index < -0.39 is 0 Å². The molecule has 3 N–H and O–H groups in total. The van der Waals surface area contributed by atoms with Gasteiger partial charge in [-0.15, -0.1) is 4.59 Å². The van der Waals surface area contributed by atoms with Crippen LogP contribution in [0.2, 0.25) is 0 Å². The standard InChI is InChI=1S/C28H27N6/c29-34-13-12-30-17-26(34)27(21-14-23(15-21)31-22-9-10-22)33-28(34)20-7-6-19-8-11-24(32-25(19)16-20)18-4-2-1-3-5-18/h1-8,11-13,16-17,21-23,31H,9-10,14-15,29H2/q+1. The van der Waals surface area contributed by atoms with Gasteiger partial charge in [0.2, 0.25) is 5.70 Å². The van der Waals surface area contributed by atoms with E-state index in [1.807, 2.05) is 30.6 Å². The van der Waals surface area contributed by atoms with Crippen LogP contribution in [0.15, 0.2) is 94.4 Å². The zero-order valence-corrected chi connectivity index (χ0v) is 18.9. The molecule has 1 aromatic heterocycles. The van der Waals surface area contributed by atoms with Gasteiger partial charge in [-0.1, -0.05) is 42.5 Å². The maximum atomic E-state index is 6.97. The van der Waals surface area contributed by atoms with Crippen LogP contribution in [0.5, 0.6) is 0 Å². The minimum atomic E-state index is 0.0694. The largest absolute Gasteiger partial charge is 0.311 e. The summed E-state index contributed by atoms with van der Waals surface area (Å²) in [6, 6.07) is 22.1. The third kappa shape index (κ3) is 3.26. The number of hydrogen-bond acceptors (Lipinski definition) is 5. The number of allylic oxidation sites excluding steroid dienone is 2. The fourth-order valence-corrected chi connectivity index (χ4v) is 5.29. The van der Waals surface area contributed by atoms with Crippen LogP contribution in [0.4, 0.5) is 0 Å². The number of nitrogens with two attached hydrogens (primary N) is 1. The van der Waals surface area contributed by atoms with E-state index in [1.54, 1.807) is 6.20 Å². The number of hydrogen-bond donors (Lipinski definition) is 2. The number of fused-ring (bicyclic) bond motifs is 2. The lowest BCUT2D eigenvalue weighted by atomic mass is 9.77. The highest BCUT2D eigenvalue weighted by Crippen LogP contribution is 2.43. The summed E-state index contributed by atoms with van der Waals surface area (Å²) in [5.41, 5.74) is 6.07. The van der Waals surface area contributed by atoms with E-state index in [1.165, 1.54) is 12.8 Å². The fraction of sp³-hybridized carbons (Fsp3) is 0.250. The van der Waals surface area contributed by atoms with E-state index in [4.69, 9.17) is 15.8 Å². The number of aliphatic imine (C=N–C) groups is 2. The molecule has 168 valence electrons. The van der Waals surface area contributed by atoms with Crippen LogP contribution in [0.25, 0.3) is 22.2 Å². The van der Waals surface area contributed by atoms with Crippen molar-refractivity contribution in [3.05, 3.63) is 90.0 Å². The normalized spacial score (nSPS) is 27.6. The maximum Gasteiger partial charge on any atom is 0.264 e. The zero-order chi connectivity index (χ0) is 22.7. The molecule has 2 aliphatic heterocycles. The summed E-state index contributed by atoms with van der Waals surface area (Å²) in [6.45, 7) is 0. The van der Waals surface area contributed by atoms with Gasteiger partial charge in [-0.2, -0.15) is 10.8 Å². The maximum absolute atomic E-state index is 6.97. The van der Waals surface area contributed by atoms with Gasteiger partial charge in [0.1, 0.15) is 11.9 Å². The summed E-state index contributed by atoms with van der Waals surface area (Å²) in [6.07, 6.45) is 10.5. The lowest BCUT2D eigenvalue weighted by Crippen LogP contribution is -2.53. The molecule has 6 heteroatoms. The van der Waals surface area contributed by atoms with Gasteiger partial charge in [0, 0.05) is 29.0 Å². The molecule has 2 fully saturated rings. The van der Waals surface area contributed by atoms with E-state index in [9.17, 15) is 0 Å². The Morgan fingerprint density at radius 1 is 0.912 bits per heavy atom. The molecule has 1 atom stereocenters. The van der Waals surface area contributed by atoms with E-state index >= 15 is 0 Å². The molecule has 7 rings (SSSR count). The number of aromatic nitrogens is 1.